The van der Waals surface area contributed by atoms with Gasteiger partial charge in [0.2, 0.25) is 0 Å². The zero-order chi connectivity index (χ0) is 14.8. The molecule has 20 heavy (non-hydrogen) atoms. The quantitative estimate of drug-likeness (QED) is 0.664. The van der Waals surface area contributed by atoms with Crippen LogP contribution in [0.2, 0.25) is 0 Å². The van der Waals surface area contributed by atoms with Crippen molar-refractivity contribution < 1.29 is 13.2 Å². The first kappa shape index (κ1) is 15.4. The molecule has 2 rings (SSSR count). The first-order chi connectivity index (χ1) is 9.36. The standard InChI is InChI=1S/C13H19ClN2O3S/c1-9-3-2-4-10(6-5-9)16-13(17)12-7-11(8-15-12)20(14,18)19/h7-10,15H,2-6H2,1H3,(H,16,17). The monoisotopic (exact) mass is 318 g/mol. The number of carbonyl (C=O) groups excluding carboxylic acids is 1. The number of aromatic amines is 1. The molecule has 1 saturated carbocycles. The van der Waals surface area contributed by atoms with Crippen LogP contribution in [0.4, 0.5) is 0 Å². The minimum absolute atomic E-state index is 0.0844. The predicted molar refractivity (Wildman–Crippen MR) is 77.3 cm³/mol. The molecule has 0 radical (unpaired) electrons. The summed E-state index contributed by atoms with van der Waals surface area (Å²) in [5.41, 5.74) is 0.224. The summed E-state index contributed by atoms with van der Waals surface area (Å²) in [5.74, 6) is 0.423. The van der Waals surface area contributed by atoms with Crippen LogP contribution in [-0.4, -0.2) is 25.4 Å². The van der Waals surface area contributed by atoms with E-state index in [1.165, 1.54) is 18.7 Å². The van der Waals surface area contributed by atoms with E-state index in [2.05, 4.69) is 17.2 Å². The van der Waals surface area contributed by atoms with Crippen LogP contribution in [0.25, 0.3) is 0 Å². The molecule has 7 heteroatoms. The Morgan fingerprint density at radius 2 is 2.10 bits per heavy atom. The molecule has 2 unspecified atom stereocenters. The molecule has 1 heterocycles. The fourth-order valence-electron chi connectivity index (χ4n) is 2.54. The van der Waals surface area contributed by atoms with Crippen molar-refractivity contribution in [1.82, 2.24) is 10.3 Å². The molecule has 1 fully saturated rings. The van der Waals surface area contributed by atoms with Gasteiger partial charge in [-0.3, -0.25) is 4.79 Å². The first-order valence-corrected chi connectivity index (χ1v) is 9.11. The number of nitrogens with one attached hydrogen (secondary N) is 2. The second-order valence-electron chi connectivity index (χ2n) is 5.47. The highest BCUT2D eigenvalue weighted by atomic mass is 35.7. The van der Waals surface area contributed by atoms with Gasteiger partial charge in [-0.1, -0.05) is 19.8 Å². The second-order valence-corrected chi connectivity index (χ2v) is 8.04. The van der Waals surface area contributed by atoms with Crippen LogP contribution >= 0.6 is 10.7 Å². The zero-order valence-electron chi connectivity index (χ0n) is 11.4. The van der Waals surface area contributed by atoms with Crippen molar-refractivity contribution in [2.45, 2.75) is 50.0 Å². The number of halogens is 1. The Balaban J connectivity index is 1.99. The van der Waals surface area contributed by atoms with Crippen LogP contribution in [0.15, 0.2) is 17.2 Å². The Kier molecular flexibility index (Phi) is 4.75. The van der Waals surface area contributed by atoms with E-state index >= 15 is 0 Å². The lowest BCUT2D eigenvalue weighted by molar-refractivity contribution is 0.0928. The van der Waals surface area contributed by atoms with Crippen molar-refractivity contribution >= 4 is 25.6 Å². The van der Waals surface area contributed by atoms with Gasteiger partial charge >= 0.3 is 0 Å². The molecule has 1 amide bonds. The van der Waals surface area contributed by atoms with E-state index in [1.807, 2.05) is 0 Å². The Bertz CT molecular complexity index is 582. The molecule has 0 aromatic carbocycles. The normalized spacial score (nSPS) is 24.1. The van der Waals surface area contributed by atoms with Gasteiger partial charge in [-0.15, -0.1) is 0 Å². The second kappa shape index (κ2) is 6.18. The molecule has 112 valence electrons. The number of H-pyrrole nitrogens is 1. The molecule has 1 aliphatic carbocycles. The molecule has 0 spiro atoms. The smallest absolute Gasteiger partial charge is 0.267 e. The summed E-state index contributed by atoms with van der Waals surface area (Å²) in [5, 5.41) is 2.95. The van der Waals surface area contributed by atoms with Gasteiger partial charge in [0.1, 0.15) is 10.6 Å². The topological polar surface area (TPSA) is 79.0 Å². The minimum Gasteiger partial charge on any atom is -0.356 e. The number of aromatic nitrogens is 1. The Hall–Kier alpha value is -1.01. The lowest BCUT2D eigenvalue weighted by Gasteiger charge is -2.15. The molecule has 1 aromatic rings. The maximum Gasteiger partial charge on any atom is 0.267 e. The van der Waals surface area contributed by atoms with E-state index in [1.54, 1.807) is 0 Å². The number of hydrogen-bond acceptors (Lipinski definition) is 3. The van der Waals surface area contributed by atoms with Gasteiger partial charge in [0.05, 0.1) is 0 Å². The van der Waals surface area contributed by atoms with Crippen LogP contribution in [0.3, 0.4) is 0 Å². The van der Waals surface area contributed by atoms with Crippen molar-refractivity contribution in [2.24, 2.45) is 5.92 Å². The van der Waals surface area contributed by atoms with Crippen molar-refractivity contribution in [2.75, 3.05) is 0 Å². The highest BCUT2D eigenvalue weighted by molar-refractivity contribution is 8.13. The number of rotatable bonds is 3. The molecule has 2 atom stereocenters. The summed E-state index contributed by atoms with van der Waals surface area (Å²) in [4.78, 5) is 14.6. The molecule has 0 saturated heterocycles. The average molecular weight is 319 g/mol. The van der Waals surface area contributed by atoms with Gasteiger partial charge < -0.3 is 10.3 Å². The van der Waals surface area contributed by atoms with Crippen molar-refractivity contribution in [3.05, 3.63) is 18.0 Å². The van der Waals surface area contributed by atoms with Crippen LogP contribution in [0.5, 0.6) is 0 Å². The molecule has 1 aromatic heterocycles. The minimum atomic E-state index is -3.80. The van der Waals surface area contributed by atoms with E-state index in [4.69, 9.17) is 10.7 Å². The largest absolute Gasteiger partial charge is 0.356 e. The highest BCUT2D eigenvalue weighted by Gasteiger charge is 2.20. The lowest BCUT2D eigenvalue weighted by Crippen LogP contribution is -2.34. The summed E-state index contributed by atoms with van der Waals surface area (Å²) in [6, 6.07) is 1.42. The van der Waals surface area contributed by atoms with Crippen LogP contribution < -0.4 is 5.32 Å². The third-order valence-corrected chi connectivity index (χ3v) is 5.11. The van der Waals surface area contributed by atoms with Crippen LogP contribution in [0.1, 0.15) is 49.5 Å². The summed E-state index contributed by atoms with van der Waals surface area (Å²) < 4.78 is 22.3. The Labute approximate surface area is 123 Å². The van der Waals surface area contributed by atoms with Gasteiger partial charge in [0.15, 0.2) is 0 Å². The average Bonchev–Trinajstić information content (AvgIpc) is 2.77. The SMILES string of the molecule is CC1CCCC(NC(=O)c2cc(S(=O)(=O)Cl)c[nH]2)CC1. The maximum atomic E-state index is 12.1. The van der Waals surface area contributed by atoms with E-state index < -0.39 is 9.05 Å². The van der Waals surface area contributed by atoms with Crippen LogP contribution in [-0.2, 0) is 9.05 Å². The summed E-state index contributed by atoms with van der Waals surface area (Å²) in [6.07, 6.45) is 6.58. The van der Waals surface area contributed by atoms with Crippen molar-refractivity contribution in [3.8, 4) is 0 Å². The summed E-state index contributed by atoms with van der Waals surface area (Å²) in [7, 11) is 1.43. The third-order valence-electron chi connectivity index (χ3n) is 3.78. The zero-order valence-corrected chi connectivity index (χ0v) is 12.9. The predicted octanol–water partition coefficient (Wildman–Crippen LogP) is 2.64. The Morgan fingerprint density at radius 1 is 1.35 bits per heavy atom. The Morgan fingerprint density at radius 3 is 2.75 bits per heavy atom. The molecular formula is C13H19ClN2O3S. The molecule has 1 aliphatic rings. The fraction of sp³-hybridized carbons (Fsp3) is 0.615. The van der Waals surface area contributed by atoms with Crippen molar-refractivity contribution in [3.63, 3.8) is 0 Å². The van der Waals surface area contributed by atoms with Gasteiger partial charge in [-0.25, -0.2) is 8.42 Å². The summed E-state index contributed by atoms with van der Waals surface area (Å²) >= 11 is 0. The highest BCUT2D eigenvalue weighted by Crippen LogP contribution is 2.23. The third kappa shape index (κ3) is 3.99. The molecule has 5 nitrogen and oxygen atoms in total. The molecule has 0 aliphatic heterocycles. The van der Waals surface area contributed by atoms with E-state index in [-0.39, 0.29) is 22.5 Å². The fourth-order valence-corrected chi connectivity index (χ4v) is 3.27. The van der Waals surface area contributed by atoms with Gasteiger partial charge in [0.25, 0.3) is 15.0 Å². The lowest BCUT2D eigenvalue weighted by atomic mass is 10.0. The summed E-state index contributed by atoms with van der Waals surface area (Å²) in [6.45, 7) is 2.23. The molecule has 0 bridgehead atoms. The number of hydrogen-bond donors (Lipinski definition) is 2. The van der Waals surface area contributed by atoms with Gasteiger partial charge in [-0.2, -0.15) is 0 Å². The maximum absolute atomic E-state index is 12.1. The number of amides is 1. The van der Waals surface area contributed by atoms with E-state index in [9.17, 15) is 13.2 Å². The van der Waals surface area contributed by atoms with Crippen molar-refractivity contribution in [1.29, 1.82) is 0 Å². The first-order valence-electron chi connectivity index (χ1n) is 6.80. The van der Waals surface area contributed by atoms with Gasteiger partial charge in [0, 0.05) is 22.9 Å². The number of carbonyl (C=O) groups is 1. The van der Waals surface area contributed by atoms with Gasteiger partial charge in [-0.05, 0) is 31.2 Å². The molecular weight excluding hydrogens is 300 g/mol. The van der Waals surface area contributed by atoms with Crippen LogP contribution in [0, 0.1) is 5.92 Å². The van der Waals surface area contributed by atoms with E-state index in [0.717, 1.165) is 25.7 Å². The van der Waals surface area contributed by atoms with E-state index in [0.29, 0.717) is 5.92 Å². The molecule has 2 N–H and O–H groups in total.